The number of carbonyl (C=O) groups is 2. The number of benzene rings is 3. The van der Waals surface area contributed by atoms with Gasteiger partial charge in [-0.2, -0.15) is 11.8 Å². The Morgan fingerprint density at radius 1 is 0.889 bits per heavy atom. The molecule has 0 bridgehead atoms. The zero-order chi connectivity index (χ0) is 25.6. The Balaban J connectivity index is 1.77. The molecule has 2 amide bonds. The van der Waals surface area contributed by atoms with Crippen LogP contribution >= 0.6 is 23.4 Å². The van der Waals surface area contributed by atoms with Gasteiger partial charge >= 0.3 is 0 Å². The maximum absolute atomic E-state index is 13.6. The smallest absolute Gasteiger partial charge is 0.243 e. The Kier molecular flexibility index (Phi) is 11.9. The highest BCUT2D eigenvalue weighted by molar-refractivity contribution is 7.98. The number of hydrogen-bond donors (Lipinski definition) is 1. The van der Waals surface area contributed by atoms with Crippen molar-refractivity contribution < 1.29 is 9.59 Å². The van der Waals surface area contributed by atoms with Crippen LogP contribution in [-0.4, -0.2) is 35.1 Å². The van der Waals surface area contributed by atoms with E-state index in [-0.39, 0.29) is 11.8 Å². The van der Waals surface area contributed by atoms with E-state index < -0.39 is 6.04 Å². The summed E-state index contributed by atoms with van der Waals surface area (Å²) >= 11 is 7.83. The fourth-order valence-corrected chi connectivity index (χ4v) is 4.93. The summed E-state index contributed by atoms with van der Waals surface area (Å²) in [6.07, 6.45) is 2.74. The summed E-state index contributed by atoms with van der Waals surface area (Å²) < 4.78 is 0. The number of nitrogens with one attached hydrogen (secondary N) is 1. The topological polar surface area (TPSA) is 49.4 Å². The van der Waals surface area contributed by atoms with Gasteiger partial charge in [-0.1, -0.05) is 97.7 Å². The molecule has 0 aliphatic rings. The molecule has 1 atom stereocenters. The highest BCUT2D eigenvalue weighted by atomic mass is 35.5. The molecule has 3 aromatic carbocycles. The van der Waals surface area contributed by atoms with Crippen LogP contribution in [0.1, 0.15) is 42.9 Å². The van der Waals surface area contributed by atoms with Crippen molar-refractivity contribution in [1.82, 2.24) is 10.2 Å². The quantitative estimate of drug-likeness (QED) is 0.245. The predicted molar refractivity (Wildman–Crippen MR) is 151 cm³/mol. The summed E-state index contributed by atoms with van der Waals surface area (Å²) in [6.45, 7) is 3.06. The second-order valence-electron chi connectivity index (χ2n) is 8.79. The van der Waals surface area contributed by atoms with Gasteiger partial charge in [0.15, 0.2) is 0 Å². The summed E-state index contributed by atoms with van der Waals surface area (Å²) in [5.74, 6) is 1.43. The van der Waals surface area contributed by atoms with Gasteiger partial charge in [-0.3, -0.25) is 9.59 Å². The standard InChI is InChI=1S/C30H35ClN2O2S/c1-2-3-19-32-30(35)28(21-24-10-6-4-7-11-24)33(22-25-14-16-27(31)17-15-25)29(34)18-20-36-23-26-12-8-5-9-13-26/h4-17,28H,2-3,18-23H2,1H3,(H,32,35). The van der Waals surface area contributed by atoms with E-state index in [0.29, 0.717) is 36.7 Å². The van der Waals surface area contributed by atoms with E-state index in [2.05, 4.69) is 24.4 Å². The number of amides is 2. The lowest BCUT2D eigenvalue weighted by molar-refractivity contribution is -0.141. The van der Waals surface area contributed by atoms with Crippen LogP contribution in [-0.2, 0) is 28.3 Å². The fourth-order valence-electron chi connectivity index (χ4n) is 3.91. The molecule has 1 N–H and O–H groups in total. The lowest BCUT2D eigenvalue weighted by Gasteiger charge is -2.31. The van der Waals surface area contributed by atoms with E-state index in [4.69, 9.17) is 11.6 Å². The van der Waals surface area contributed by atoms with Crippen molar-refractivity contribution >= 4 is 35.2 Å². The molecular formula is C30H35ClN2O2S. The van der Waals surface area contributed by atoms with Gasteiger partial charge in [-0.05, 0) is 35.2 Å². The van der Waals surface area contributed by atoms with Crippen LogP contribution < -0.4 is 5.32 Å². The third kappa shape index (κ3) is 9.36. The van der Waals surface area contributed by atoms with Crippen molar-refractivity contribution in [3.05, 3.63) is 107 Å². The van der Waals surface area contributed by atoms with Gasteiger partial charge < -0.3 is 10.2 Å². The van der Waals surface area contributed by atoms with Gasteiger partial charge in [0.05, 0.1) is 0 Å². The molecule has 1 unspecified atom stereocenters. The molecule has 0 fully saturated rings. The van der Waals surface area contributed by atoms with Gasteiger partial charge in [-0.25, -0.2) is 0 Å². The molecule has 3 rings (SSSR count). The fraction of sp³-hybridized carbons (Fsp3) is 0.333. The maximum Gasteiger partial charge on any atom is 0.243 e. The van der Waals surface area contributed by atoms with E-state index in [1.54, 1.807) is 16.7 Å². The van der Waals surface area contributed by atoms with Crippen molar-refractivity contribution in [3.63, 3.8) is 0 Å². The second-order valence-corrected chi connectivity index (χ2v) is 10.3. The lowest BCUT2D eigenvalue weighted by atomic mass is 10.0. The van der Waals surface area contributed by atoms with E-state index >= 15 is 0 Å². The zero-order valence-electron chi connectivity index (χ0n) is 20.9. The van der Waals surface area contributed by atoms with Crippen molar-refractivity contribution in [2.75, 3.05) is 12.3 Å². The van der Waals surface area contributed by atoms with Crippen molar-refractivity contribution in [3.8, 4) is 0 Å². The minimum absolute atomic E-state index is 0.0166. The third-order valence-electron chi connectivity index (χ3n) is 5.94. The normalized spacial score (nSPS) is 11.6. The molecule has 0 spiro atoms. The zero-order valence-corrected chi connectivity index (χ0v) is 22.4. The first-order valence-corrected chi connectivity index (χ1v) is 14.1. The van der Waals surface area contributed by atoms with Gasteiger partial charge in [-0.15, -0.1) is 0 Å². The Hall–Kier alpha value is -2.76. The van der Waals surface area contributed by atoms with Crippen LogP contribution in [0, 0.1) is 0 Å². The van der Waals surface area contributed by atoms with Gasteiger partial charge in [0.2, 0.25) is 11.8 Å². The van der Waals surface area contributed by atoms with E-state index in [9.17, 15) is 9.59 Å². The predicted octanol–water partition coefficient (Wildman–Crippen LogP) is 6.52. The monoisotopic (exact) mass is 522 g/mol. The number of carbonyl (C=O) groups excluding carboxylic acids is 2. The van der Waals surface area contributed by atoms with E-state index in [0.717, 1.165) is 29.7 Å². The minimum atomic E-state index is -0.591. The average molecular weight is 523 g/mol. The first kappa shape index (κ1) is 27.8. The Labute approximate surface area is 224 Å². The van der Waals surface area contributed by atoms with Crippen LogP contribution in [0.4, 0.5) is 0 Å². The molecule has 0 aromatic heterocycles. The van der Waals surface area contributed by atoms with Crippen LogP contribution in [0.25, 0.3) is 0 Å². The summed E-state index contributed by atoms with van der Waals surface area (Å²) in [5.41, 5.74) is 3.22. The molecule has 0 aliphatic carbocycles. The molecule has 3 aromatic rings. The SMILES string of the molecule is CCCCNC(=O)C(Cc1ccccc1)N(Cc1ccc(Cl)cc1)C(=O)CCSCc1ccccc1. The van der Waals surface area contributed by atoms with Crippen LogP contribution in [0.2, 0.25) is 5.02 Å². The molecule has 4 nitrogen and oxygen atoms in total. The molecule has 0 saturated carbocycles. The number of thioether (sulfide) groups is 1. The van der Waals surface area contributed by atoms with Crippen LogP contribution in [0.5, 0.6) is 0 Å². The molecule has 0 saturated heterocycles. The summed E-state index contributed by atoms with van der Waals surface area (Å²) in [6, 6.07) is 27.0. The van der Waals surface area contributed by atoms with Crippen molar-refractivity contribution in [2.45, 2.75) is 50.9 Å². The Bertz CT molecular complexity index is 1060. The average Bonchev–Trinajstić information content (AvgIpc) is 2.91. The number of unbranched alkanes of at least 4 members (excludes halogenated alkanes) is 1. The summed E-state index contributed by atoms with van der Waals surface area (Å²) in [7, 11) is 0. The number of halogens is 1. The number of nitrogens with zero attached hydrogens (tertiary/aromatic N) is 1. The highest BCUT2D eigenvalue weighted by Crippen LogP contribution is 2.19. The summed E-state index contributed by atoms with van der Waals surface area (Å²) in [5, 5.41) is 3.71. The van der Waals surface area contributed by atoms with E-state index in [1.807, 2.05) is 72.8 Å². The first-order chi connectivity index (χ1) is 17.6. The first-order valence-electron chi connectivity index (χ1n) is 12.5. The Morgan fingerprint density at radius 3 is 2.17 bits per heavy atom. The second kappa shape index (κ2) is 15.4. The minimum Gasteiger partial charge on any atom is -0.354 e. The van der Waals surface area contributed by atoms with Crippen LogP contribution in [0.15, 0.2) is 84.9 Å². The van der Waals surface area contributed by atoms with Crippen LogP contribution in [0.3, 0.4) is 0 Å². The molecular weight excluding hydrogens is 488 g/mol. The van der Waals surface area contributed by atoms with Gasteiger partial charge in [0.25, 0.3) is 0 Å². The molecule has 6 heteroatoms. The molecule has 0 radical (unpaired) electrons. The van der Waals surface area contributed by atoms with Gasteiger partial charge in [0.1, 0.15) is 6.04 Å². The largest absolute Gasteiger partial charge is 0.354 e. The highest BCUT2D eigenvalue weighted by Gasteiger charge is 2.30. The van der Waals surface area contributed by atoms with Crippen molar-refractivity contribution in [2.24, 2.45) is 0 Å². The molecule has 0 aliphatic heterocycles. The molecule has 36 heavy (non-hydrogen) atoms. The van der Waals surface area contributed by atoms with Crippen molar-refractivity contribution in [1.29, 1.82) is 0 Å². The van der Waals surface area contributed by atoms with Gasteiger partial charge in [0, 0.05) is 42.5 Å². The van der Waals surface area contributed by atoms with E-state index in [1.165, 1.54) is 5.56 Å². The molecule has 190 valence electrons. The lowest BCUT2D eigenvalue weighted by Crippen LogP contribution is -2.50. The number of rotatable bonds is 14. The summed E-state index contributed by atoms with van der Waals surface area (Å²) in [4.78, 5) is 28.7. The molecule has 0 heterocycles. The third-order valence-corrected chi connectivity index (χ3v) is 7.22. The number of hydrogen-bond acceptors (Lipinski definition) is 3. The Morgan fingerprint density at radius 2 is 1.53 bits per heavy atom. The maximum atomic E-state index is 13.6.